The van der Waals surface area contributed by atoms with Crippen LogP contribution in [0.4, 0.5) is 15.9 Å². The molecule has 3 aromatic rings. The fraction of sp³-hybridized carbons (Fsp3) is 0.292. The lowest BCUT2D eigenvalue weighted by atomic mass is 9.95. The van der Waals surface area contributed by atoms with Gasteiger partial charge < -0.3 is 10.2 Å². The Morgan fingerprint density at radius 2 is 1.73 bits per heavy atom. The molecule has 0 radical (unpaired) electrons. The van der Waals surface area contributed by atoms with Crippen molar-refractivity contribution in [3.05, 3.63) is 71.5 Å². The number of hydrogen-bond donors (Lipinski definition) is 1. The fourth-order valence-electron chi connectivity index (χ4n) is 3.74. The second-order valence-electron chi connectivity index (χ2n) is 7.85. The minimum atomic E-state index is -0.271. The predicted molar refractivity (Wildman–Crippen MR) is 117 cm³/mol. The lowest BCUT2D eigenvalue weighted by Crippen LogP contribution is -2.38. The molecule has 2 heterocycles. The fourth-order valence-corrected chi connectivity index (χ4v) is 3.74. The number of nitrogens with zero attached hydrogens (tertiary/aromatic N) is 3. The van der Waals surface area contributed by atoms with Gasteiger partial charge in [-0.2, -0.15) is 0 Å². The van der Waals surface area contributed by atoms with E-state index >= 15 is 0 Å². The number of anilines is 2. The number of rotatable bonds is 4. The summed E-state index contributed by atoms with van der Waals surface area (Å²) in [6.45, 7) is 5.55. The molecule has 0 bridgehead atoms. The molecule has 2 aromatic carbocycles. The Hall–Kier alpha value is -3.28. The number of aromatic nitrogens is 2. The van der Waals surface area contributed by atoms with E-state index in [1.165, 1.54) is 12.1 Å². The van der Waals surface area contributed by atoms with Crippen molar-refractivity contribution in [2.45, 2.75) is 26.7 Å². The molecular formula is C24H25FN4O. The average Bonchev–Trinajstić information content (AvgIpc) is 2.77. The maximum Gasteiger partial charge on any atom is 0.227 e. The first-order valence-corrected chi connectivity index (χ1v) is 10.2. The molecule has 30 heavy (non-hydrogen) atoms. The molecule has 1 amide bonds. The van der Waals surface area contributed by atoms with Crippen molar-refractivity contribution in [1.82, 2.24) is 10.2 Å². The smallest absolute Gasteiger partial charge is 0.227 e. The number of halogens is 1. The Morgan fingerprint density at radius 3 is 2.40 bits per heavy atom. The Kier molecular flexibility index (Phi) is 5.74. The Morgan fingerprint density at radius 1 is 1.00 bits per heavy atom. The first-order valence-electron chi connectivity index (χ1n) is 10.2. The predicted octanol–water partition coefficient (Wildman–Crippen LogP) is 4.75. The second kappa shape index (κ2) is 8.61. The van der Waals surface area contributed by atoms with Gasteiger partial charge in [0.25, 0.3) is 0 Å². The van der Waals surface area contributed by atoms with E-state index in [1.54, 1.807) is 12.1 Å². The number of piperidine rings is 1. The summed E-state index contributed by atoms with van der Waals surface area (Å²) in [4.78, 5) is 14.9. The van der Waals surface area contributed by atoms with Crippen molar-refractivity contribution < 1.29 is 9.18 Å². The van der Waals surface area contributed by atoms with E-state index < -0.39 is 0 Å². The van der Waals surface area contributed by atoms with Crippen LogP contribution in [0, 0.1) is 25.6 Å². The number of benzene rings is 2. The quantitative estimate of drug-likeness (QED) is 0.681. The van der Waals surface area contributed by atoms with Gasteiger partial charge in [-0.25, -0.2) is 4.39 Å². The average molecular weight is 404 g/mol. The minimum absolute atomic E-state index is 0.00684. The van der Waals surface area contributed by atoms with Gasteiger partial charge in [-0.05, 0) is 80.3 Å². The van der Waals surface area contributed by atoms with Crippen molar-refractivity contribution in [2.75, 3.05) is 23.3 Å². The summed E-state index contributed by atoms with van der Waals surface area (Å²) >= 11 is 0. The van der Waals surface area contributed by atoms with Crippen molar-refractivity contribution in [3.8, 4) is 11.3 Å². The highest BCUT2D eigenvalue weighted by atomic mass is 19.1. The molecule has 5 nitrogen and oxygen atoms in total. The van der Waals surface area contributed by atoms with Crippen LogP contribution in [0.25, 0.3) is 11.3 Å². The Balaban J connectivity index is 1.35. The van der Waals surface area contributed by atoms with E-state index in [0.29, 0.717) is 5.69 Å². The molecule has 0 spiro atoms. The zero-order chi connectivity index (χ0) is 21.1. The van der Waals surface area contributed by atoms with Gasteiger partial charge in [0.2, 0.25) is 5.91 Å². The lowest BCUT2D eigenvalue weighted by Gasteiger charge is -2.32. The molecule has 4 rings (SSSR count). The second-order valence-corrected chi connectivity index (χ2v) is 7.85. The van der Waals surface area contributed by atoms with Crippen LogP contribution >= 0.6 is 0 Å². The van der Waals surface area contributed by atoms with Crippen LogP contribution in [0.3, 0.4) is 0 Å². The van der Waals surface area contributed by atoms with Crippen LogP contribution in [0.2, 0.25) is 0 Å². The molecule has 6 heteroatoms. The molecule has 1 aliphatic heterocycles. The van der Waals surface area contributed by atoms with Gasteiger partial charge in [0.05, 0.1) is 5.69 Å². The van der Waals surface area contributed by atoms with Gasteiger partial charge in [0.1, 0.15) is 5.82 Å². The SMILES string of the molecule is Cc1ccc(C)c(NC(=O)C2CCN(c3ccc(-c4ccc(F)cc4)nn3)CC2)c1. The summed E-state index contributed by atoms with van der Waals surface area (Å²) in [7, 11) is 0. The number of hydrogen-bond acceptors (Lipinski definition) is 4. The van der Waals surface area contributed by atoms with Crippen LogP contribution < -0.4 is 10.2 Å². The van der Waals surface area contributed by atoms with Gasteiger partial charge in [-0.15, -0.1) is 10.2 Å². The van der Waals surface area contributed by atoms with Gasteiger partial charge >= 0.3 is 0 Å². The highest BCUT2D eigenvalue weighted by Crippen LogP contribution is 2.25. The van der Waals surface area contributed by atoms with Crippen molar-refractivity contribution >= 4 is 17.4 Å². The first-order chi connectivity index (χ1) is 14.5. The Labute approximate surface area is 176 Å². The van der Waals surface area contributed by atoms with Crippen LogP contribution in [0.15, 0.2) is 54.6 Å². The molecule has 0 saturated carbocycles. The molecule has 0 aliphatic carbocycles. The molecule has 154 valence electrons. The standard InChI is InChI=1S/C24H25FN4O/c1-16-3-4-17(2)22(15-16)26-24(30)19-11-13-29(14-12-19)23-10-9-21(27-28-23)18-5-7-20(25)8-6-18/h3-10,15,19H,11-14H2,1-2H3,(H,26,30). The number of carbonyl (C=O) groups is 1. The lowest BCUT2D eigenvalue weighted by molar-refractivity contribution is -0.120. The van der Waals surface area contributed by atoms with E-state index in [-0.39, 0.29) is 17.6 Å². The summed E-state index contributed by atoms with van der Waals surface area (Å²) in [5, 5.41) is 11.7. The maximum absolute atomic E-state index is 13.1. The summed E-state index contributed by atoms with van der Waals surface area (Å²) in [5.41, 5.74) is 4.64. The largest absolute Gasteiger partial charge is 0.355 e. The maximum atomic E-state index is 13.1. The molecule has 0 unspecified atom stereocenters. The normalized spacial score (nSPS) is 14.6. The van der Waals surface area contributed by atoms with Crippen LogP contribution in [-0.4, -0.2) is 29.2 Å². The summed E-state index contributed by atoms with van der Waals surface area (Å²) in [6, 6.07) is 16.1. The van der Waals surface area contributed by atoms with Crippen LogP contribution in [0.1, 0.15) is 24.0 Å². The van der Waals surface area contributed by atoms with E-state index in [4.69, 9.17) is 0 Å². The van der Waals surface area contributed by atoms with Crippen LogP contribution in [0.5, 0.6) is 0 Å². The number of nitrogens with one attached hydrogen (secondary N) is 1. The van der Waals surface area contributed by atoms with Gasteiger partial charge in [-0.3, -0.25) is 4.79 Å². The molecule has 1 aromatic heterocycles. The zero-order valence-corrected chi connectivity index (χ0v) is 17.2. The van der Waals surface area contributed by atoms with E-state index in [9.17, 15) is 9.18 Å². The number of amides is 1. The first kappa shape index (κ1) is 20.0. The van der Waals surface area contributed by atoms with E-state index in [0.717, 1.165) is 54.1 Å². The Bertz CT molecular complexity index is 1030. The van der Waals surface area contributed by atoms with Crippen LogP contribution in [-0.2, 0) is 4.79 Å². The molecule has 1 saturated heterocycles. The third-order valence-electron chi connectivity index (χ3n) is 5.63. The van der Waals surface area contributed by atoms with Gasteiger partial charge in [-0.1, -0.05) is 12.1 Å². The van der Waals surface area contributed by atoms with Crippen molar-refractivity contribution in [2.24, 2.45) is 5.92 Å². The summed E-state index contributed by atoms with van der Waals surface area (Å²) in [5.74, 6) is 0.607. The monoisotopic (exact) mass is 404 g/mol. The van der Waals surface area contributed by atoms with Gasteiger partial charge in [0.15, 0.2) is 5.82 Å². The molecule has 1 N–H and O–H groups in total. The topological polar surface area (TPSA) is 58.1 Å². The summed E-state index contributed by atoms with van der Waals surface area (Å²) < 4.78 is 13.1. The van der Waals surface area contributed by atoms with Gasteiger partial charge in [0, 0.05) is 30.3 Å². The summed E-state index contributed by atoms with van der Waals surface area (Å²) in [6.07, 6.45) is 1.55. The third-order valence-corrected chi connectivity index (χ3v) is 5.63. The minimum Gasteiger partial charge on any atom is -0.355 e. The highest BCUT2D eigenvalue weighted by molar-refractivity contribution is 5.93. The van der Waals surface area contributed by atoms with Crippen molar-refractivity contribution in [3.63, 3.8) is 0 Å². The molecular weight excluding hydrogens is 379 g/mol. The third kappa shape index (κ3) is 4.48. The van der Waals surface area contributed by atoms with Crippen molar-refractivity contribution in [1.29, 1.82) is 0 Å². The number of aryl methyl sites for hydroxylation is 2. The molecule has 1 fully saturated rings. The molecule has 0 atom stereocenters. The van der Waals surface area contributed by atoms with E-state index in [1.807, 2.05) is 44.2 Å². The molecule has 1 aliphatic rings. The highest BCUT2D eigenvalue weighted by Gasteiger charge is 2.26. The van der Waals surface area contributed by atoms with E-state index in [2.05, 4.69) is 20.4 Å². The zero-order valence-electron chi connectivity index (χ0n) is 17.2. The number of carbonyl (C=O) groups excluding carboxylic acids is 1.